The molecule has 0 amide bonds. The summed E-state index contributed by atoms with van der Waals surface area (Å²) in [5.74, 6) is 0.626. The third-order valence-corrected chi connectivity index (χ3v) is 4.40. The van der Waals surface area contributed by atoms with E-state index in [1.54, 1.807) is 0 Å². The lowest BCUT2D eigenvalue weighted by molar-refractivity contribution is -0.151. The minimum atomic E-state index is -0.670. The number of imidazole rings is 1. The van der Waals surface area contributed by atoms with Gasteiger partial charge in [0.2, 0.25) is 0 Å². The number of aryl methyl sites for hydroxylation is 2. The number of hydrogen-bond acceptors (Lipinski definition) is 3. The van der Waals surface area contributed by atoms with E-state index in [9.17, 15) is 4.79 Å². The van der Waals surface area contributed by atoms with E-state index in [1.807, 2.05) is 40.0 Å². The molecule has 1 aromatic carbocycles. The Bertz CT molecular complexity index is 654. The average molecular weight is 288 g/mol. The third kappa shape index (κ3) is 2.33. The molecule has 0 radical (unpaired) electrons. The summed E-state index contributed by atoms with van der Waals surface area (Å²) in [4.78, 5) is 17.3. The fourth-order valence-corrected chi connectivity index (χ4v) is 3.11. The van der Waals surface area contributed by atoms with Crippen LogP contribution in [-0.4, -0.2) is 22.1 Å². The van der Waals surface area contributed by atoms with Crippen molar-refractivity contribution in [2.24, 2.45) is 7.05 Å². The molecule has 0 N–H and O–H groups in total. The molecule has 114 valence electrons. The van der Waals surface area contributed by atoms with Crippen molar-refractivity contribution >= 4 is 17.0 Å². The lowest BCUT2D eigenvalue weighted by Gasteiger charge is -2.28. The minimum absolute atomic E-state index is 0.175. The Kier molecular flexibility index (Phi) is 4.35. The van der Waals surface area contributed by atoms with Crippen molar-refractivity contribution in [1.29, 1.82) is 0 Å². The van der Waals surface area contributed by atoms with E-state index in [4.69, 9.17) is 9.72 Å². The van der Waals surface area contributed by atoms with Gasteiger partial charge >= 0.3 is 5.97 Å². The number of ether oxygens (including phenoxy) is 1. The quantitative estimate of drug-likeness (QED) is 0.791. The summed E-state index contributed by atoms with van der Waals surface area (Å²) in [5, 5.41) is 0. The van der Waals surface area contributed by atoms with Crippen molar-refractivity contribution in [2.45, 2.75) is 46.0 Å². The SMILES string of the molecule is CCOC(=O)C(CC)(CC)c1nc2cccc(C)c2n1C. The third-order valence-electron chi connectivity index (χ3n) is 4.40. The van der Waals surface area contributed by atoms with Gasteiger partial charge in [-0.2, -0.15) is 0 Å². The lowest BCUT2D eigenvalue weighted by Crippen LogP contribution is -2.39. The standard InChI is InChI=1S/C17H24N2O2/c1-6-17(7-2,16(20)21-8-3)15-18-13-11-9-10-12(4)14(13)19(15)5/h9-11H,6-8H2,1-5H3. The average Bonchev–Trinajstić information content (AvgIpc) is 2.81. The van der Waals surface area contributed by atoms with E-state index in [0.29, 0.717) is 19.4 Å². The number of esters is 1. The summed E-state index contributed by atoms with van der Waals surface area (Å²) in [5.41, 5.74) is 2.51. The molecule has 1 heterocycles. The normalized spacial score (nSPS) is 11.9. The predicted molar refractivity (Wildman–Crippen MR) is 84.3 cm³/mol. The van der Waals surface area contributed by atoms with Gasteiger partial charge in [-0.1, -0.05) is 26.0 Å². The van der Waals surface area contributed by atoms with Crippen molar-refractivity contribution in [3.05, 3.63) is 29.6 Å². The molecule has 0 aliphatic carbocycles. The van der Waals surface area contributed by atoms with E-state index in [1.165, 1.54) is 5.56 Å². The van der Waals surface area contributed by atoms with E-state index in [0.717, 1.165) is 16.9 Å². The second kappa shape index (κ2) is 5.88. The molecule has 0 saturated heterocycles. The van der Waals surface area contributed by atoms with Gasteiger partial charge in [-0.15, -0.1) is 0 Å². The highest BCUT2D eigenvalue weighted by Crippen LogP contribution is 2.34. The van der Waals surface area contributed by atoms with Gasteiger partial charge in [0.1, 0.15) is 11.2 Å². The number of benzene rings is 1. The smallest absolute Gasteiger partial charge is 0.319 e. The van der Waals surface area contributed by atoms with E-state index in [-0.39, 0.29) is 5.97 Å². The van der Waals surface area contributed by atoms with Crippen LogP contribution >= 0.6 is 0 Å². The number of rotatable bonds is 5. The Labute approximate surface area is 126 Å². The summed E-state index contributed by atoms with van der Waals surface area (Å²) < 4.78 is 7.38. The monoisotopic (exact) mass is 288 g/mol. The second-order valence-corrected chi connectivity index (χ2v) is 5.45. The Morgan fingerprint density at radius 2 is 1.95 bits per heavy atom. The molecule has 0 saturated carbocycles. The number of nitrogens with zero attached hydrogens (tertiary/aromatic N) is 2. The molecule has 2 aromatic rings. The number of aromatic nitrogens is 2. The summed E-state index contributed by atoms with van der Waals surface area (Å²) in [7, 11) is 1.98. The van der Waals surface area contributed by atoms with Crippen LogP contribution < -0.4 is 0 Å². The molecule has 4 nitrogen and oxygen atoms in total. The van der Waals surface area contributed by atoms with E-state index < -0.39 is 5.41 Å². The number of fused-ring (bicyclic) bond motifs is 1. The highest BCUT2D eigenvalue weighted by Gasteiger charge is 2.42. The Morgan fingerprint density at radius 3 is 2.48 bits per heavy atom. The molecule has 2 rings (SSSR count). The van der Waals surface area contributed by atoms with Crippen LogP contribution in [0, 0.1) is 6.92 Å². The number of hydrogen-bond donors (Lipinski definition) is 0. The number of carbonyl (C=O) groups is 1. The van der Waals surface area contributed by atoms with Crippen molar-refractivity contribution < 1.29 is 9.53 Å². The fraction of sp³-hybridized carbons (Fsp3) is 0.529. The van der Waals surface area contributed by atoms with Gasteiger partial charge in [-0.3, -0.25) is 4.79 Å². The van der Waals surface area contributed by atoms with Crippen LogP contribution in [0.2, 0.25) is 0 Å². The molecule has 0 aliphatic heterocycles. The van der Waals surface area contributed by atoms with Gasteiger partial charge in [0, 0.05) is 7.05 Å². The molecular formula is C17H24N2O2. The van der Waals surface area contributed by atoms with Crippen molar-refractivity contribution in [1.82, 2.24) is 9.55 Å². The van der Waals surface area contributed by atoms with E-state index >= 15 is 0 Å². The van der Waals surface area contributed by atoms with Crippen LogP contribution in [-0.2, 0) is 22.0 Å². The lowest BCUT2D eigenvalue weighted by atomic mass is 9.81. The first-order valence-corrected chi connectivity index (χ1v) is 7.61. The molecule has 0 atom stereocenters. The fourth-order valence-electron chi connectivity index (χ4n) is 3.11. The van der Waals surface area contributed by atoms with Crippen LogP contribution in [0.1, 0.15) is 45.0 Å². The second-order valence-electron chi connectivity index (χ2n) is 5.45. The summed E-state index contributed by atoms with van der Waals surface area (Å²) >= 11 is 0. The van der Waals surface area contributed by atoms with Crippen molar-refractivity contribution in [2.75, 3.05) is 6.61 Å². The maximum Gasteiger partial charge on any atom is 0.319 e. The highest BCUT2D eigenvalue weighted by atomic mass is 16.5. The zero-order chi connectivity index (χ0) is 15.6. The summed E-state index contributed by atoms with van der Waals surface area (Å²) in [6.45, 7) is 8.34. The Morgan fingerprint density at radius 1 is 1.29 bits per heavy atom. The van der Waals surface area contributed by atoms with Crippen LogP contribution in [0.4, 0.5) is 0 Å². The highest BCUT2D eigenvalue weighted by molar-refractivity contribution is 5.85. The molecule has 0 spiro atoms. The van der Waals surface area contributed by atoms with Crippen molar-refractivity contribution in [3.8, 4) is 0 Å². The minimum Gasteiger partial charge on any atom is -0.465 e. The molecule has 0 unspecified atom stereocenters. The first kappa shape index (κ1) is 15.5. The molecule has 0 aliphatic rings. The Balaban J connectivity index is 2.69. The van der Waals surface area contributed by atoms with Gasteiger partial charge in [0.15, 0.2) is 0 Å². The van der Waals surface area contributed by atoms with E-state index in [2.05, 4.69) is 17.6 Å². The largest absolute Gasteiger partial charge is 0.465 e. The zero-order valence-corrected chi connectivity index (χ0v) is 13.6. The van der Waals surface area contributed by atoms with Crippen LogP contribution in [0.5, 0.6) is 0 Å². The van der Waals surface area contributed by atoms with Gasteiger partial charge in [-0.25, -0.2) is 4.98 Å². The maximum absolute atomic E-state index is 12.6. The van der Waals surface area contributed by atoms with Crippen LogP contribution in [0.3, 0.4) is 0 Å². The van der Waals surface area contributed by atoms with Crippen LogP contribution in [0.25, 0.3) is 11.0 Å². The summed E-state index contributed by atoms with van der Waals surface area (Å²) in [6, 6.07) is 6.06. The number of carbonyl (C=O) groups excluding carboxylic acids is 1. The summed E-state index contributed by atoms with van der Waals surface area (Å²) in [6.07, 6.45) is 1.36. The maximum atomic E-state index is 12.6. The first-order valence-electron chi connectivity index (χ1n) is 7.61. The molecule has 21 heavy (non-hydrogen) atoms. The molecule has 1 aromatic heterocycles. The molecule has 4 heteroatoms. The van der Waals surface area contributed by atoms with Crippen LogP contribution in [0.15, 0.2) is 18.2 Å². The van der Waals surface area contributed by atoms with Gasteiger partial charge in [-0.05, 0) is 38.3 Å². The van der Waals surface area contributed by atoms with Crippen molar-refractivity contribution in [3.63, 3.8) is 0 Å². The Hall–Kier alpha value is -1.84. The topological polar surface area (TPSA) is 44.1 Å². The molecule has 0 bridgehead atoms. The van der Waals surface area contributed by atoms with Gasteiger partial charge < -0.3 is 9.30 Å². The molecular weight excluding hydrogens is 264 g/mol. The zero-order valence-electron chi connectivity index (χ0n) is 13.6. The molecule has 0 fully saturated rings. The van der Waals surface area contributed by atoms with Gasteiger partial charge in [0.25, 0.3) is 0 Å². The predicted octanol–water partition coefficient (Wildman–Crippen LogP) is 3.50. The number of para-hydroxylation sites is 1. The first-order chi connectivity index (χ1) is 10.0. The van der Waals surface area contributed by atoms with Gasteiger partial charge in [0.05, 0.1) is 17.6 Å².